The van der Waals surface area contributed by atoms with Crippen molar-refractivity contribution >= 4 is 17.2 Å². The summed E-state index contributed by atoms with van der Waals surface area (Å²) in [7, 11) is 0. The summed E-state index contributed by atoms with van der Waals surface area (Å²) in [5.41, 5.74) is 1.25. The van der Waals surface area contributed by atoms with Crippen LogP contribution in [0.3, 0.4) is 0 Å². The molecule has 0 radical (unpaired) electrons. The number of rotatable bonds is 2. The molecule has 2 saturated heterocycles. The fourth-order valence-electron chi connectivity index (χ4n) is 4.08. The molecule has 3 aliphatic rings. The van der Waals surface area contributed by atoms with Crippen molar-refractivity contribution in [3.8, 4) is 0 Å². The Kier molecular flexibility index (Phi) is 3.50. The molecule has 2 fully saturated rings. The van der Waals surface area contributed by atoms with Crippen molar-refractivity contribution in [2.45, 2.75) is 51.5 Å². The van der Waals surface area contributed by atoms with Crippen molar-refractivity contribution in [3.05, 3.63) is 15.6 Å². The van der Waals surface area contributed by atoms with Gasteiger partial charge in [0.05, 0.1) is 17.7 Å². The normalized spacial score (nSPS) is 29.6. The molecule has 1 spiro atoms. The smallest absolute Gasteiger partial charge is 0.227 e. The van der Waals surface area contributed by atoms with Gasteiger partial charge < -0.3 is 5.32 Å². The lowest BCUT2D eigenvalue weighted by molar-refractivity contribution is -0.132. The van der Waals surface area contributed by atoms with E-state index in [0.717, 1.165) is 51.9 Å². The summed E-state index contributed by atoms with van der Waals surface area (Å²) in [6.45, 7) is 3.76. The molecule has 1 aromatic heterocycles. The van der Waals surface area contributed by atoms with Gasteiger partial charge in [0.25, 0.3) is 0 Å². The zero-order chi connectivity index (χ0) is 14.3. The number of aryl methyl sites for hydroxylation is 2. The SMILES string of the molecule is O=C1NCCC[C@]12CCN(Cc1nc3c(s1)CCCC3)C2. The van der Waals surface area contributed by atoms with E-state index in [-0.39, 0.29) is 11.3 Å². The summed E-state index contributed by atoms with van der Waals surface area (Å²) in [6, 6.07) is 0. The highest BCUT2D eigenvalue weighted by Gasteiger charge is 2.45. The summed E-state index contributed by atoms with van der Waals surface area (Å²) in [4.78, 5) is 21.0. The van der Waals surface area contributed by atoms with Gasteiger partial charge in [-0.1, -0.05) is 0 Å². The molecule has 21 heavy (non-hydrogen) atoms. The van der Waals surface area contributed by atoms with E-state index in [1.54, 1.807) is 0 Å². The third-order valence-electron chi connectivity index (χ3n) is 5.28. The van der Waals surface area contributed by atoms with Crippen molar-refractivity contribution < 1.29 is 4.79 Å². The maximum Gasteiger partial charge on any atom is 0.227 e. The lowest BCUT2D eigenvalue weighted by Crippen LogP contribution is -2.47. The van der Waals surface area contributed by atoms with E-state index in [2.05, 4.69) is 10.2 Å². The van der Waals surface area contributed by atoms with E-state index in [9.17, 15) is 4.79 Å². The highest BCUT2D eigenvalue weighted by Crippen LogP contribution is 2.38. The molecule has 1 aromatic rings. The number of hydrogen-bond donors (Lipinski definition) is 1. The first-order chi connectivity index (χ1) is 10.3. The number of hydrogen-bond acceptors (Lipinski definition) is 4. The number of nitrogens with zero attached hydrogens (tertiary/aromatic N) is 2. The number of amides is 1. The number of piperidine rings is 1. The third kappa shape index (κ3) is 2.50. The van der Waals surface area contributed by atoms with Crippen LogP contribution in [0.1, 0.15) is 47.7 Å². The monoisotopic (exact) mass is 305 g/mol. The lowest BCUT2D eigenvalue weighted by atomic mass is 9.79. The van der Waals surface area contributed by atoms with Gasteiger partial charge in [-0.15, -0.1) is 11.3 Å². The first-order valence-electron chi connectivity index (χ1n) is 8.23. The van der Waals surface area contributed by atoms with Crippen LogP contribution in [-0.4, -0.2) is 35.4 Å². The average Bonchev–Trinajstić information content (AvgIpc) is 3.07. The Labute approximate surface area is 129 Å². The van der Waals surface area contributed by atoms with Crippen molar-refractivity contribution in [1.29, 1.82) is 0 Å². The Bertz CT molecular complexity index is 532. The van der Waals surface area contributed by atoms with E-state index >= 15 is 0 Å². The van der Waals surface area contributed by atoms with Gasteiger partial charge in [0.1, 0.15) is 5.01 Å². The van der Waals surface area contributed by atoms with Crippen LogP contribution in [0.4, 0.5) is 0 Å². The van der Waals surface area contributed by atoms with Crippen LogP contribution >= 0.6 is 11.3 Å². The van der Waals surface area contributed by atoms with Crippen LogP contribution in [0.15, 0.2) is 0 Å². The number of carbonyl (C=O) groups excluding carboxylic acids is 1. The molecular formula is C16H23N3OS. The van der Waals surface area contributed by atoms with E-state index in [0.29, 0.717) is 0 Å². The first-order valence-corrected chi connectivity index (χ1v) is 9.05. The van der Waals surface area contributed by atoms with Crippen molar-refractivity contribution in [1.82, 2.24) is 15.2 Å². The number of likely N-dealkylation sites (tertiary alicyclic amines) is 1. The van der Waals surface area contributed by atoms with Gasteiger partial charge in [-0.2, -0.15) is 0 Å². The fourth-order valence-corrected chi connectivity index (χ4v) is 5.28. The molecule has 4 rings (SSSR count). The van der Waals surface area contributed by atoms with E-state index in [1.807, 2.05) is 11.3 Å². The van der Waals surface area contributed by atoms with Crippen LogP contribution in [0.25, 0.3) is 0 Å². The van der Waals surface area contributed by atoms with Gasteiger partial charge in [-0.25, -0.2) is 4.98 Å². The Balaban J connectivity index is 1.44. The average molecular weight is 305 g/mol. The maximum absolute atomic E-state index is 12.2. The zero-order valence-electron chi connectivity index (χ0n) is 12.5. The lowest BCUT2D eigenvalue weighted by Gasteiger charge is -2.32. The Morgan fingerprint density at radius 2 is 2.14 bits per heavy atom. The quantitative estimate of drug-likeness (QED) is 0.910. The number of nitrogens with one attached hydrogen (secondary N) is 1. The van der Waals surface area contributed by atoms with Gasteiger partial charge >= 0.3 is 0 Å². The standard InChI is InChI=1S/C16H23N3OS/c20-15-16(6-3-8-17-15)7-9-19(11-16)10-14-18-12-4-1-2-5-13(12)21-14/h1-11H2,(H,17,20)/t16-/m1/s1. The third-order valence-corrected chi connectivity index (χ3v) is 6.42. The van der Waals surface area contributed by atoms with Crippen LogP contribution in [-0.2, 0) is 24.2 Å². The topological polar surface area (TPSA) is 45.2 Å². The molecule has 0 bridgehead atoms. The van der Waals surface area contributed by atoms with Crippen molar-refractivity contribution in [2.75, 3.05) is 19.6 Å². The second kappa shape index (κ2) is 5.36. The Hall–Kier alpha value is -0.940. The van der Waals surface area contributed by atoms with Crippen LogP contribution < -0.4 is 5.32 Å². The number of carbonyl (C=O) groups is 1. The molecule has 5 heteroatoms. The molecule has 1 atom stereocenters. The van der Waals surface area contributed by atoms with Gasteiger partial charge in [-0.3, -0.25) is 9.69 Å². The summed E-state index contributed by atoms with van der Waals surface area (Å²) in [5, 5.41) is 4.32. The minimum absolute atomic E-state index is 0.102. The Morgan fingerprint density at radius 1 is 1.24 bits per heavy atom. The minimum Gasteiger partial charge on any atom is -0.356 e. The fraction of sp³-hybridized carbons (Fsp3) is 0.750. The molecule has 1 aliphatic carbocycles. The summed E-state index contributed by atoms with van der Waals surface area (Å²) in [5.74, 6) is 0.287. The molecule has 0 unspecified atom stereocenters. The van der Waals surface area contributed by atoms with Crippen molar-refractivity contribution in [2.24, 2.45) is 5.41 Å². The molecule has 1 amide bonds. The molecule has 2 aliphatic heterocycles. The molecule has 114 valence electrons. The molecule has 4 nitrogen and oxygen atoms in total. The van der Waals surface area contributed by atoms with E-state index in [4.69, 9.17) is 4.98 Å². The minimum atomic E-state index is -0.102. The number of fused-ring (bicyclic) bond motifs is 1. The van der Waals surface area contributed by atoms with E-state index < -0.39 is 0 Å². The molecule has 0 saturated carbocycles. The van der Waals surface area contributed by atoms with Gasteiger partial charge in [0, 0.05) is 18.0 Å². The summed E-state index contributed by atoms with van der Waals surface area (Å²) in [6.07, 6.45) is 8.21. The van der Waals surface area contributed by atoms with Crippen LogP contribution in [0.5, 0.6) is 0 Å². The number of aromatic nitrogens is 1. The zero-order valence-corrected chi connectivity index (χ0v) is 13.3. The predicted octanol–water partition coefficient (Wildman–Crippen LogP) is 2.12. The maximum atomic E-state index is 12.2. The van der Waals surface area contributed by atoms with Gasteiger partial charge in [0.15, 0.2) is 0 Å². The predicted molar refractivity (Wildman–Crippen MR) is 83.3 cm³/mol. The molecule has 3 heterocycles. The van der Waals surface area contributed by atoms with Gasteiger partial charge in [0.2, 0.25) is 5.91 Å². The van der Waals surface area contributed by atoms with E-state index in [1.165, 1.54) is 34.8 Å². The molecule has 1 N–H and O–H groups in total. The highest BCUT2D eigenvalue weighted by molar-refractivity contribution is 7.11. The van der Waals surface area contributed by atoms with Gasteiger partial charge in [-0.05, 0) is 51.5 Å². The van der Waals surface area contributed by atoms with Crippen LogP contribution in [0, 0.1) is 5.41 Å². The Morgan fingerprint density at radius 3 is 3.00 bits per heavy atom. The first kappa shape index (κ1) is 13.7. The number of thiazole rings is 1. The van der Waals surface area contributed by atoms with Crippen molar-refractivity contribution in [3.63, 3.8) is 0 Å². The second-order valence-electron chi connectivity index (χ2n) is 6.79. The van der Waals surface area contributed by atoms with Crippen LogP contribution in [0.2, 0.25) is 0 Å². The summed E-state index contributed by atoms with van der Waals surface area (Å²) >= 11 is 1.90. The molecular weight excluding hydrogens is 282 g/mol. The molecule has 0 aromatic carbocycles. The second-order valence-corrected chi connectivity index (χ2v) is 7.95. The highest BCUT2D eigenvalue weighted by atomic mass is 32.1. The largest absolute Gasteiger partial charge is 0.356 e. The summed E-state index contributed by atoms with van der Waals surface area (Å²) < 4.78 is 0.